The minimum absolute atomic E-state index is 0.180. The largest absolute Gasteiger partial charge is 0.488 e. The molecule has 1 aliphatic heterocycles. The van der Waals surface area contributed by atoms with Crippen molar-refractivity contribution in [3.05, 3.63) is 12.7 Å². The molecule has 1 aliphatic rings. The Morgan fingerprint density at radius 1 is 1.21 bits per heavy atom. The summed E-state index contributed by atoms with van der Waals surface area (Å²) in [5.41, 5.74) is 6.58. The lowest BCUT2D eigenvalue weighted by Gasteiger charge is -2.21. The van der Waals surface area contributed by atoms with E-state index in [1.807, 2.05) is 6.26 Å². The van der Waals surface area contributed by atoms with Gasteiger partial charge in [0.25, 0.3) is 0 Å². The quantitative estimate of drug-likeness (QED) is 0.122. The number of hydrogen-bond donors (Lipinski definition) is 4. The molecular formula is C13H22N5O11P3S2. The fourth-order valence-corrected chi connectivity index (χ4v) is 7.24. The third-order valence-electron chi connectivity index (χ3n) is 4.19. The lowest BCUT2D eigenvalue weighted by Crippen LogP contribution is -2.28. The van der Waals surface area contributed by atoms with Gasteiger partial charge >= 0.3 is 23.2 Å². The number of phosphoric ester groups is 1. The molecule has 0 saturated carbocycles. The van der Waals surface area contributed by atoms with Gasteiger partial charge in [0.05, 0.1) is 19.0 Å². The number of nitrogen functional groups attached to an aromatic ring is 1. The summed E-state index contributed by atoms with van der Waals surface area (Å²) in [4.78, 5) is 40.5. The second kappa shape index (κ2) is 11.2. The number of nitrogens with zero attached hydrogens (tertiary/aromatic N) is 4. The molecule has 21 heteroatoms. The molecule has 0 radical (unpaired) electrons. The maximum Gasteiger partial charge on any atom is 0.488 e. The Morgan fingerprint density at radius 2 is 1.94 bits per heavy atom. The van der Waals surface area contributed by atoms with E-state index in [4.69, 9.17) is 24.6 Å². The molecule has 4 unspecified atom stereocenters. The van der Waals surface area contributed by atoms with Crippen LogP contribution in [0.4, 0.5) is 5.82 Å². The molecule has 0 aliphatic carbocycles. The average molecular weight is 581 g/mol. The molecule has 3 rings (SSSR count). The van der Waals surface area contributed by atoms with Gasteiger partial charge in [0.1, 0.15) is 30.1 Å². The predicted octanol–water partition coefficient (Wildman–Crippen LogP) is 2.12. The molecule has 192 valence electrons. The van der Waals surface area contributed by atoms with Crippen LogP contribution in [0.1, 0.15) is 12.6 Å². The van der Waals surface area contributed by atoms with E-state index in [9.17, 15) is 23.5 Å². The first-order chi connectivity index (χ1) is 15.8. The minimum Gasteiger partial charge on any atom is -0.382 e. The topological polar surface area (TPSA) is 228 Å². The van der Waals surface area contributed by atoms with Crippen LogP contribution in [0.3, 0.4) is 0 Å². The summed E-state index contributed by atoms with van der Waals surface area (Å²) in [5.74, 6) is 0.451. The number of rotatable bonds is 12. The van der Waals surface area contributed by atoms with Crippen molar-refractivity contribution in [1.29, 1.82) is 0 Å². The first-order valence-electron chi connectivity index (χ1n) is 9.19. The van der Waals surface area contributed by atoms with E-state index in [0.29, 0.717) is 17.8 Å². The number of ether oxygens (including phenoxy) is 2. The molecule has 0 amide bonds. The molecule has 3 heterocycles. The molecule has 0 bridgehead atoms. The number of imidazole rings is 1. The average Bonchev–Trinajstić information content (AvgIpc) is 3.28. The maximum atomic E-state index is 12.1. The van der Waals surface area contributed by atoms with Crippen molar-refractivity contribution in [2.24, 2.45) is 0 Å². The SMILES string of the molecule is CSSCOC1C[C@H](n2cnc3c(N)ncnc32)O[C@@H]1COP(=O)(O)OP(=O)(O)OP(C)(=O)O. The number of nitrogens with two attached hydrogens (primary N) is 1. The van der Waals surface area contributed by atoms with Crippen LogP contribution in [0, 0.1) is 0 Å². The van der Waals surface area contributed by atoms with E-state index in [-0.39, 0.29) is 18.2 Å². The smallest absolute Gasteiger partial charge is 0.382 e. The van der Waals surface area contributed by atoms with Gasteiger partial charge in [-0.15, -0.1) is 0 Å². The van der Waals surface area contributed by atoms with Crippen LogP contribution in [-0.4, -0.2) is 71.9 Å². The van der Waals surface area contributed by atoms with Crippen LogP contribution in [0.25, 0.3) is 11.2 Å². The van der Waals surface area contributed by atoms with Gasteiger partial charge in [0, 0.05) is 13.1 Å². The van der Waals surface area contributed by atoms with E-state index in [0.717, 1.165) is 0 Å². The number of hydrogen-bond acceptors (Lipinski definition) is 14. The molecule has 1 fully saturated rings. The van der Waals surface area contributed by atoms with Gasteiger partial charge in [-0.3, -0.25) is 13.7 Å². The molecule has 16 nitrogen and oxygen atoms in total. The van der Waals surface area contributed by atoms with Crippen molar-refractivity contribution in [3.8, 4) is 0 Å². The molecular weight excluding hydrogens is 559 g/mol. The Balaban J connectivity index is 1.71. The molecule has 2 aromatic heterocycles. The summed E-state index contributed by atoms with van der Waals surface area (Å²) in [7, 11) is -12.2. The standard InChI is InChI=1S/C13H22N5O11P3S2/c1-30(19,20)28-32(23,24)29-31(21,22)26-4-9-8(25-7-34-33-2)3-10(27-9)18-6-17-11-12(14)15-5-16-13(11)18/h5-6,8-10H,3-4,7H2,1-2H3,(H,19,20)(H,21,22)(H,23,24)(H2,14,15,16)/t8?,9-,10-/m1/s1. The van der Waals surface area contributed by atoms with Crippen LogP contribution >= 0.6 is 44.8 Å². The van der Waals surface area contributed by atoms with Crippen LogP contribution in [-0.2, 0) is 36.3 Å². The van der Waals surface area contributed by atoms with Gasteiger partial charge in [-0.2, -0.15) is 4.31 Å². The molecule has 6 atom stereocenters. The second-order valence-electron chi connectivity index (χ2n) is 6.75. The van der Waals surface area contributed by atoms with E-state index in [1.54, 1.807) is 4.57 Å². The Morgan fingerprint density at radius 3 is 2.62 bits per heavy atom. The summed E-state index contributed by atoms with van der Waals surface area (Å²) in [5, 5.41) is 0. The maximum absolute atomic E-state index is 12.1. The molecule has 34 heavy (non-hydrogen) atoms. The Bertz CT molecular complexity index is 1150. The number of fused-ring (bicyclic) bond motifs is 1. The lowest BCUT2D eigenvalue weighted by molar-refractivity contribution is -0.0522. The van der Waals surface area contributed by atoms with Crippen LogP contribution in [0.2, 0.25) is 0 Å². The highest BCUT2D eigenvalue weighted by Crippen LogP contribution is 2.66. The summed E-state index contributed by atoms with van der Waals surface area (Å²) in [6.07, 6.45) is 2.66. The van der Waals surface area contributed by atoms with Crippen LogP contribution in [0.5, 0.6) is 0 Å². The highest BCUT2D eigenvalue weighted by molar-refractivity contribution is 8.76. The third-order valence-corrected chi connectivity index (χ3v) is 9.82. The predicted molar refractivity (Wildman–Crippen MR) is 123 cm³/mol. The Hall–Kier alpha value is -0.580. The van der Waals surface area contributed by atoms with Crippen LogP contribution < -0.4 is 5.73 Å². The number of aromatic nitrogens is 4. The Labute approximate surface area is 201 Å². The summed E-state index contributed by atoms with van der Waals surface area (Å²) < 4.78 is 61.1. The van der Waals surface area contributed by atoms with Crippen LogP contribution in [0.15, 0.2) is 12.7 Å². The zero-order valence-electron chi connectivity index (χ0n) is 17.6. The monoisotopic (exact) mass is 581 g/mol. The highest BCUT2D eigenvalue weighted by Gasteiger charge is 2.43. The first-order valence-corrected chi connectivity index (χ1v) is 16.9. The zero-order chi connectivity index (χ0) is 25.1. The van der Waals surface area contributed by atoms with Crippen molar-refractivity contribution in [1.82, 2.24) is 19.5 Å². The summed E-state index contributed by atoms with van der Waals surface area (Å²) >= 11 is 0. The fourth-order valence-electron chi connectivity index (χ4n) is 2.97. The molecule has 0 spiro atoms. The molecule has 0 aromatic carbocycles. The van der Waals surface area contributed by atoms with Crippen molar-refractivity contribution in [2.75, 3.05) is 31.2 Å². The van der Waals surface area contributed by atoms with Gasteiger partial charge in [-0.25, -0.2) is 28.4 Å². The van der Waals surface area contributed by atoms with E-state index in [2.05, 4.69) is 23.6 Å². The van der Waals surface area contributed by atoms with Gasteiger partial charge in [0.2, 0.25) is 0 Å². The van der Waals surface area contributed by atoms with E-state index in [1.165, 1.54) is 34.2 Å². The normalized spacial score (nSPS) is 26.2. The summed E-state index contributed by atoms with van der Waals surface area (Å²) in [6, 6.07) is 0. The van der Waals surface area contributed by atoms with Crippen molar-refractivity contribution >= 4 is 61.8 Å². The Kier molecular flexibility index (Phi) is 9.24. The lowest BCUT2D eigenvalue weighted by atomic mass is 10.2. The van der Waals surface area contributed by atoms with Crippen molar-refractivity contribution in [3.63, 3.8) is 0 Å². The second-order valence-corrected chi connectivity index (χ2v) is 14.3. The van der Waals surface area contributed by atoms with Gasteiger partial charge in [0.15, 0.2) is 11.5 Å². The molecule has 1 saturated heterocycles. The van der Waals surface area contributed by atoms with Gasteiger partial charge in [-0.1, -0.05) is 21.6 Å². The summed E-state index contributed by atoms with van der Waals surface area (Å²) in [6.45, 7) is 0.00726. The minimum atomic E-state index is -5.39. The fraction of sp³-hybridized carbons (Fsp3) is 0.615. The zero-order valence-corrected chi connectivity index (χ0v) is 22.0. The van der Waals surface area contributed by atoms with Gasteiger partial charge < -0.3 is 29.9 Å². The number of anilines is 1. The van der Waals surface area contributed by atoms with Gasteiger partial charge in [-0.05, 0) is 6.26 Å². The van der Waals surface area contributed by atoms with Crippen molar-refractivity contribution < 1.29 is 51.0 Å². The third kappa shape index (κ3) is 7.71. The number of phosphoric acid groups is 2. The first kappa shape index (κ1) is 28.0. The molecule has 5 N–H and O–H groups in total. The molecule has 2 aromatic rings. The van der Waals surface area contributed by atoms with E-state index >= 15 is 0 Å². The van der Waals surface area contributed by atoms with Crippen molar-refractivity contribution in [2.45, 2.75) is 24.9 Å². The highest BCUT2D eigenvalue weighted by atomic mass is 33.1. The van der Waals surface area contributed by atoms with E-state index < -0.39 is 48.3 Å².